The molecule has 3 rings (SSSR count). The molecule has 0 saturated carbocycles. The molecule has 1 aliphatic rings. The van der Waals surface area contributed by atoms with E-state index in [0.29, 0.717) is 0 Å². The topological polar surface area (TPSA) is 68.5 Å². The summed E-state index contributed by atoms with van der Waals surface area (Å²) in [5.74, 6) is 1.87. The summed E-state index contributed by atoms with van der Waals surface area (Å²) in [5.41, 5.74) is 0. The van der Waals surface area contributed by atoms with Crippen molar-refractivity contribution in [2.24, 2.45) is 0 Å². The van der Waals surface area contributed by atoms with Gasteiger partial charge in [-0.05, 0) is 18.5 Å². The first-order valence-corrected chi connectivity index (χ1v) is 5.58. The molecule has 0 spiro atoms. The third kappa shape index (κ3) is 1.35. The summed E-state index contributed by atoms with van der Waals surface area (Å²) in [6, 6.07) is 0.265. The zero-order chi connectivity index (χ0) is 10.3. The van der Waals surface area contributed by atoms with Gasteiger partial charge in [0.15, 0.2) is 5.82 Å². The fourth-order valence-electron chi connectivity index (χ4n) is 1.79. The van der Waals surface area contributed by atoms with Crippen molar-refractivity contribution in [1.82, 2.24) is 29.7 Å². The van der Waals surface area contributed by atoms with Gasteiger partial charge in [-0.15, -0.1) is 15.3 Å². The summed E-state index contributed by atoms with van der Waals surface area (Å²) in [7, 11) is 0. The van der Waals surface area contributed by atoms with Crippen molar-refractivity contribution in [3.8, 4) is 10.7 Å². The second kappa shape index (κ2) is 3.35. The number of nitrogens with one attached hydrogen (secondary N) is 1. The monoisotopic (exact) mass is 222 g/mol. The number of aromatic nitrogens is 5. The first kappa shape index (κ1) is 8.93. The molecule has 1 unspecified atom stereocenters. The molecule has 0 bridgehead atoms. The highest BCUT2D eigenvalue weighted by Gasteiger charge is 2.22. The summed E-state index contributed by atoms with van der Waals surface area (Å²) >= 11 is 1.35. The van der Waals surface area contributed by atoms with E-state index in [1.165, 1.54) is 11.5 Å². The van der Waals surface area contributed by atoms with Gasteiger partial charge in [0, 0.05) is 13.1 Å². The Hall–Kier alpha value is -1.34. The van der Waals surface area contributed by atoms with Crippen LogP contribution in [-0.2, 0) is 6.54 Å². The highest BCUT2D eigenvalue weighted by atomic mass is 32.1. The van der Waals surface area contributed by atoms with Gasteiger partial charge in [-0.3, -0.25) is 0 Å². The first-order chi connectivity index (χ1) is 7.36. The lowest BCUT2D eigenvalue weighted by Gasteiger charge is -2.21. The van der Waals surface area contributed by atoms with Crippen molar-refractivity contribution in [2.45, 2.75) is 19.5 Å². The van der Waals surface area contributed by atoms with Crippen LogP contribution in [0.3, 0.4) is 0 Å². The smallest absolute Gasteiger partial charge is 0.177 e. The first-order valence-electron chi connectivity index (χ1n) is 4.80. The molecular weight excluding hydrogens is 212 g/mol. The van der Waals surface area contributed by atoms with E-state index < -0.39 is 0 Å². The highest BCUT2D eigenvalue weighted by molar-refractivity contribution is 7.09. The maximum atomic E-state index is 4.20. The Balaban J connectivity index is 2.11. The molecule has 0 amide bonds. The summed E-state index contributed by atoms with van der Waals surface area (Å²) in [6.45, 7) is 3.94. The predicted molar refractivity (Wildman–Crippen MR) is 55.3 cm³/mol. The molecular formula is C8H10N6S. The van der Waals surface area contributed by atoms with Gasteiger partial charge in [0.25, 0.3) is 0 Å². The molecule has 15 heavy (non-hydrogen) atoms. The van der Waals surface area contributed by atoms with Crippen LogP contribution in [0.2, 0.25) is 0 Å². The van der Waals surface area contributed by atoms with E-state index in [-0.39, 0.29) is 6.04 Å². The van der Waals surface area contributed by atoms with Crippen molar-refractivity contribution in [3.05, 3.63) is 12.0 Å². The van der Waals surface area contributed by atoms with Gasteiger partial charge in [0.1, 0.15) is 10.7 Å². The van der Waals surface area contributed by atoms with Crippen molar-refractivity contribution in [2.75, 3.05) is 6.54 Å². The molecule has 2 aromatic rings. The van der Waals surface area contributed by atoms with Crippen LogP contribution in [0.15, 0.2) is 6.20 Å². The van der Waals surface area contributed by atoms with E-state index in [4.69, 9.17) is 0 Å². The van der Waals surface area contributed by atoms with Gasteiger partial charge >= 0.3 is 0 Å². The largest absolute Gasteiger partial charge is 0.308 e. The van der Waals surface area contributed by atoms with Crippen LogP contribution < -0.4 is 5.32 Å². The minimum Gasteiger partial charge on any atom is -0.308 e. The average molecular weight is 222 g/mol. The molecule has 3 heterocycles. The molecule has 2 aromatic heterocycles. The molecule has 1 atom stereocenters. The van der Waals surface area contributed by atoms with Crippen molar-refractivity contribution < 1.29 is 0 Å². The fraction of sp³-hybridized carbons (Fsp3) is 0.500. The molecule has 0 aromatic carbocycles. The van der Waals surface area contributed by atoms with E-state index in [0.717, 1.165) is 29.6 Å². The Labute approximate surface area is 90.5 Å². The van der Waals surface area contributed by atoms with Crippen LogP contribution in [0.1, 0.15) is 18.8 Å². The third-order valence-corrected chi connectivity index (χ3v) is 3.19. The Bertz CT molecular complexity index is 461. The predicted octanol–water partition coefficient (Wildman–Crippen LogP) is 0.461. The Kier molecular flexibility index (Phi) is 2.00. The van der Waals surface area contributed by atoms with Gasteiger partial charge in [0.2, 0.25) is 0 Å². The maximum absolute atomic E-state index is 4.20. The van der Waals surface area contributed by atoms with Gasteiger partial charge in [0.05, 0.1) is 12.2 Å². The molecule has 0 radical (unpaired) electrons. The van der Waals surface area contributed by atoms with Crippen LogP contribution in [0, 0.1) is 0 Å². The van der Waals surface area contributed by atoms with Gasteiger partial charge in [-0.1, -0.05) is 4.49 Å². The van der Waals surface area contributed by atoms with E-state index in [1.807, 2.05) is 0 Å². The third-order valence-electron chi connectivity index (χ3n) is 2.53. The quantitative estimate of drug-likeness (QED) is 0.759. The Morgan fingerprint density at radius 3 is 3.27 bits per heavy atom. The second-order valence-corrected chi connectivity index (χ2v) is 4.28. The summed E-state index contributed by atoms with van der Waals surface area (Å²) in [4.78, 5) is 0.975. The fourth-order valence-corrected chi connectivity index (χ4v) is 2.30. The Morgan fingerprint density at radius 1 is 1.53 bits per heavy atom. The van der Waals surface area contributed by atoms with E-state index in [1.54, 1.807) is 6.20 Å². The number of hydrogen-bond donors (Lipinski definition) is 1. The molecule has 1 N–H and O–H groups in total. The summed E-state index contributed by atoms with van der Waals surface area (Å²) in [6.07, 6.45) is 1.73. The van der Waals surface area contributed by atoms with Crippen LogP contribution in [0.4, 0.5) is 0 Å². The lowest BCUT2D eigenvalue weighted by atomic mass is 10.2. The van der Waals surface area contributed by atoms with Crippen molar-refractivity contribution in [3.63, 3.8) is 0 Å². The van der Waals surface area contributed by atoms with Crippen molar-refractivity contribution >= 4 is 11.5 Å². The van der Waals surface area contributed by atoms with E-state index in [9.17, 15) is 0 Å². The summed E-state index contributed by atoms with van der Waals surface area (Å²) in [5, 5.41) is 15.6. The van der Waals surface area contributed by atoms with Crippen LogP contribution in [0.25, 0.3) is 10.7 Å². The summed E-state index contributed by atoms with van der Waals surface area (Å²) < 4.78 is 5.98. The van der Waals surface area contributed by atoms with Gasteiger partial charge in [-0.25, -0.2) is 0 Å². The number of fused-ring (bicyclic) bond motifs is 1. The lowest BCUT2D eigenvalue weighted by Crippen LogP contribution is -2.32. The van der Waals surface area contributed by atoms with E-state index in [2.05, 4.69) is 36.6 Å². The highest BCUT2D eigenvalue weighted by Crippen LogP contribution is 2.24. The van der Waals surface area contributed by atoms with Gasteiger partial charge in [-0.2, -0.15) is 0 Å². The minimum absolute atomic E-state index is 0.265. The molecule has 7 heteroatoms. The second-order valence-electron chi connectivity index (χ2n) is 3.49. The maximum Gasteiger partial charge on any atom is 0.177 e. The SMILES string of the molecule is CC1NCCn2c(-c3cnns3)nnc21. The minimum atomic E-state index is 0.265. The Morgan fingerprint density at radius 2 is 2.47 bits per heavy atom. The standard InChI is InChI=1S/C8H10N6S/c1-5-7-11-12-8(6-4-10-13-15-6)14(7)3-2-9-5/h4-5,9H,2-3H2,1H3. The number of nitrogens with zero attached hydrogens (tertiary/aromatic N) is 5. The zero-order valence-electron chi connectivity index (χ0n) is 8.21. The average Bonchev–Trinajstić information content (AvgIpc) is 2.85. The number of rotatable bonds is 1. The zero-order valence-corrected chi connectivity index (χ0v) is 9.03. The van der Waals surface area contributed by atoms with Gasteiger partial charge < -0.3 is 9.88 Å². The van der Waals surface area contributed by atoms with E-state index >= 15 is 0 Å². The lowest BCUT2D eigenvalue weighted by molar-refractivity contribution is 0.439. The molecule has 78 valence electrons. The van der Waals surface area contributed by atoms with Crippen LogP contribution >= 0.6 is 11.5 Å². The van der Waals surface area contributed by atoms with Crippen molar-refractivity contribution in [1.29, 1.82) is 0 Å². The molecule has 1 aliphatic heterocycles. The molecule has 0 aliphatic carbocycles. The molecule has 0 saturated heterocycles. The molecule has 6 nitrogen and oxygen atoms in total. The molecule has 0 fully saturated rings. The normalized spacial score (nSPS) is 20.2. The van der Waals surface area contributed by atoms with Crippen LogP contribution in [-0.4, -0.2) is 30.9 Å². The van der Waals surface area contributed by atoms with Crippen LogP contribution in [0.5, 0.6) is 0 Å². The number of hydrogen-bond acceptors (Lipinski definition) is 6.